The number of para-hydroxylation sites is 2. The largest absolute Gasteiger partial charge is 0.365 e. The van der Waals surface area contributed by atoms with Gasteiger partial charge in [0, 0.05) is 73.5 Å². The van der Waals surface area contributed by atoms with E-state index in [2.05, 4.69) is 334 Å². The van der Waals surface area contributed by atoms with Crippen molar-refractivity contribution < 1.29 is 0 Å². The average molecular weight is 1210 g/mol. The van der Waals surface area contributed by atoms with Crippen LogP contribution in [0.2, 0.25) is 0 Å². The Morgan fingerprint density at radius 2 is 0.702 bits per heavy atom. The Balaban J connectivity index is 1.03. The van der Waals surface area contributed by atoms with Gasteiger partial charge in [0.25, 0.3) is 6.71 Å². The van der Waals surface area contributed by atoms with Crippen LogP contribution in [0.15, 0.2) is 273 Å². The van der Waals surface area contributed by atoms with Gasteiger partial charge in [-0.15, -0.1) is 0 Å². The molecular weight excluding hydrogens is 1140 g/mol. The molecule has 0 unspecified atom stereocenters. The molecule has 5 heteroatoms. The molecule has 4 aliphatic heterocycles. The number of hydrogen-bond acceptors (Lipinski definition) is 3. The molecule has 4 bridgehead atoms. The molecule has 2 saturated carbocycles. The molecule has 12 aromatic carbocycles. The van der Waals surface area contributed by atoms with E-state index in [4.69, 9.17) is 0 Å². The summed E-state index contributed by atoms with van der Waals surface area (Å²) < 4.78 is 2.62. The van der Waals surface area contributed by atoms with Crippen molar-refractivity contribution in [1.29, 1.82) is 0 Å². The number of nitrogens with zero attached hydrogens (tertiary/aromatic N) is 4. The predicted molar refractivity (Wildman–Crippen MR) is 400 cm³/mol. The highest BCUT2D eigenvalue weighted by molar-refractivity contribution is 7.00. The molecule has 94 heavy (non-hydrogen) atoms. The smallest absolute Gasteiger partial charge is 0.252 e. The van der Waals surface area contributed by atoms with Gasteiger partial charge >= 0.3 is 0 Å². The number of benzene rings is 12. The summed E-state index contributed by atoms with van der Waals surface area (Å²) in [5.74, 6) is 1.67. The van der Waals surface area contributed by atoms with Gasteiger partial charge in [-0.2, -0.15) is 0 Å². The summed E-state index contributed by atoms with van der Waals surface area (Å²) in [4.78, 5) is 8.40. The van der Waals surface area contributed by atoms with Gasteiger partial charge in [0.2, 0.25) is 0 Å². The predicted octanol–water partition coefficient (Wildman–Crippen LogP) is 21.6. The van der Waals surface area contributed by atoms with Crippen LogP contribution >= 0.6 is 0 Å². The maximum Gasteiger partial charge on any atom is 0.252 e. The van der Waals surface area contributed by atoms with Crippen molar-refractivity contribution in [2.45, 2.75) is 96.6 Å². The van der Waals surface area contributed by atoms with Gasteiger partial charge < -0.3 is 19.3 Å². The first-order chi connectivity index (χ1) is 45.9. The molecule has 2 saturated heterocycles. The Bertz CT molecular complexity index is 4900. The maximum absolute atomic E-state index is 2.91. The van der Waals surface area contributed by atoms with E-state index in [1.165, 1.54) is 165 Å². The van der Waals surface area contributed by atoms with Crippen LogP contribution in [0.5, 0.6) is 0 Å². The van der Waals surface area contributed by atoms with Crippen LogP contribution in [0.25, 0.3) is 83.1 Å². The number of aromatic nitrogens is 1. The second kappa shape index (κ2) is 21.8. The van der Waals surface area contributed by atoms with Crippen LogP contribution in [0, 0.1) is 11.8 Å². The van der Waals surface area contributed by atoms with Gasteiger partial charge in [0.05, 0.1) is 28.1 Å². The molecule has 0 radical (unpaired) electrons. The lowest BCUT2D eigenvalue weighted by molar-refractivity contribution is 0.0900. The van der Waals surface area contributed by atoms with E-state index in [1.807, 2.05) is 0 Å². The lowest BCUT2D eigenvalue weighted by atomic mass is 9.33. The minimum atomic E-state index is -0.154. The molecule has 13 aromatic rings. The van der Waals surface area contributed by atoms with Gasteiger partial charge in [-0.1, -0.05) is 260 Å². The first kappa shape index (κ1) is 56.6. The topological polar surface area (TPSA) is 14.7 Å². The highest BCUT2D eigenvalue weighted by Gasteiger charge is 2.49. The summed E-state index contributed by atoms with van der Waals surface area (Å²) in [5.41, 5.74) is 30.1. The average Bonchev–Trinajstić information content (AvgIpc) is 0.798. The van der Waals surface area contributed by atoms with Crippen LogP contribution in [0.4, 0.5) is 39.8 Å². The van der Waals surface area contributed by atoms with E-state index in [9.17, 15) is 0 Å². The molecule has 0 amide bonds. The summed E-state index contributed by atoms with van der Waals surface area (Å²) in [6, 6.07) is 106. The Morgan fingerprint density at radius 1 is 0.319 bits per heavy atom. The van der Waals surface area contributed by atoms with E-state index in [1.54, 1.807) is 0 Å². The Morgan fingerprint density at radius 3 is 1.12 bits per heavy atom. The molecule has 1 aromatic heterocycles. The third-order valence-corrected chi connectivity index (χ3v) is 21.9. The molecule has 456 valence electrons. The van der Waals surface area contributed by atoms with Crippen molar-refractivity contribution in [3.05, 3.63) is 284 Å². The third-order valence-electron chi connectivity index (χ3n) is 21.9. The minimum Gasteiger partial charge on any atom is -0.365 e. The Labute approximate surface area is 554 Å². The molecule has 5 heterocycles. The van der Waals surface area contributed by atoms with E-state index in [0.29, 0.717) is 12.1 Å². The van der Waals surface area contributed by atoms with Crippen molar-refractivity contribution in [3.8, 4) is 61.3 Å². The quantitative estimate of drug-likeness (QED) is 0.134. The van der Waals surface area contributed by atoms with Crippen LogP contribution in [-0.2, 0) is 10.8 Å². The highest BCUT2D eigenvalue weighted by Crippen LogP contribution is 2.56. The van der Waals surface area contributed by atoms with Crippen molar-refractivity contribution in [2.24, 2.45) is 11.8 Å². The fourth-order valence-corrected chi connectivity index (χ4v) is 17.7. The van der Waals surface area contributed by atoms with Gasteiger partial charge in [0.1, 0.15) is 0 Å². The number of anilines is 7. The van der Waals surface area contributed by atoms with Crippen molar-refractivity contribution in [1.82, 2.24) is 4.57 Å². The molecule has 19 rings (SSSR count). The maximum atomic E-state index is 2.91. The molecule has 4 nitrogen and oxygen atoms in total. The fourth-order valence-electron chi connectivity index (χ4n) is 17.7. The van der Waals surface area contributed by atoms with E-state index >= 15 is 0 Å². The number of rotatable bonds is 9. The first-order valence-corrected chi connectivity index (χ1v) is 34.3. The SMILES string of the molecule is CC(C)(C)c1ccc2c(c1)c1cc(C(C)(C)C)ccc1n2-c1cc2c3c(c1)N(c1c(-c4ccccc4)cccc1-c1ccccc1)c1cc(N4C5CC6CC(C5)CC4C6)ccc1B3c1ccc(-c3ccccc3)cc1N2c1c(-c2ccccc2)cccc1-c1ccccc1. The zero-order valence-corrected chi connectivity index (χ0v) is 54.7. The van der Waals surface area contributed by atoms with Crippen LogP contribution < -0.4 is 31.1 Å². The standard InChI is InChI=1S/C89H77BN4/c1-88(2,3)65-39-44-79-75(52-65)76-53-66(89(4,5)6)40-45-80(76)92(79)70-55-83-85-84(56-70)94(87-73(62-30-18-10-19-31-62)36-23-37-74(87)63-32-20-11-21-33-63)82-54-67(91-68-47-57-46-58(49-68)50-69(91)48-57)41-43-78(82)90(85)77-42-38-64(59-24-12-7-13-25-59)51-81(77)93(83)86-71(60-26-14-8-15-27-60)34-22-35-72(86)61-28-16-9-17-29-61/h7-45,51-58,68-69H,46-50H2,1-6H3. The van der Waals surface area contributed by atoms with Gasteiger partial charge in [-0.25, -0.2) is 0 Å². The summed E-state index contributed by atoms with van der Waals surface area (Å²) in [6.45, 7) is 13.9. The molecule has 6 aliphatic rings. The van der Waals surface area contributed by atoms with Crippen LogP contribution in [-0.4, -0.2) is 23.4 Å². The monoisotopic (exact) mass is 1210 g/mol. The van der Waals surface area contributed by atoms with Crippen LogP contribution in [0.1, 0.15) is 84.8 Å². The van der Waals surface area contributed by atoms with E-state index < -0.39 is 0 Å². The molecule has 2 aliphatic carbocycles. The molecule has 0 spiro atoms. The van der Waals surface area contributed by atoms with Crippen LogP contribution in [0.3, 0.4) is 0 Å². The molecule has 4 fully saturated rings. The Hall–Kier alpha value is -10.1. The van der Waals surface area contributed by atoms with Crippen molar-refractivity contribution in [3.63, 3.8) is 0 Å². The number of fused-ring (bicyclic) bond motifs is 7. The normalized spacial score (nSPS) is 17.8. The lowest BCUT2D eigenvalue weighted by Crippen LogP contribution is -2.62. The summed E-state index contributed by atoms with van der Waals surface area (Å²) in [6.07, 6.45) is 6.56. The number of hydrogen-bond donors (Lipinski definition) is 0. The second-order valence-electron chi connectivity index (χ2n) is 29.7. The minimum absolute atomic E-state index is 0.0626. The second-order valence-corrected chi connectivity index (χ2v) is 29.7. The lowest BCUT2D eigenvalue weighted by Gasteiger charge is -2.57. The van der Waals surface area contributed by atoms with Crippen molar-refractivity contribution >= 4 is 84.7 Å². The third kappa shape index (κ3) is 9.16. The zero-order chi connectivity index (χ0) is 63.1. The van der Waals surface area contributed by atoms with E-state index in [0.717, 1.165) is 28.9 Å². The summed E-state index contributed by atoms with van der Waals surface area (Å²) in [7, 11) is 0. The first-order valence-electron chi connectivity index (χ1n) is 34.3. The number of piperidine rings is 2. The zero-order valence-electron chi connectivity index (χ0n) is 54.7. The van der Waals surface area contributed by atoms with Gasteiger partial charge in [-0.3, -0.25) is 0 Å². The van der Waals surface area contributed by atoms with E-state index in [-0.39, 0.29) is 17.5 Å². The molecular formula is C89H77BN4. The fraction of sp³-hybridized carbons (Fsp3) is 0.191. The molecule has 0 atom stereocenters. The summed E-state index contributed by atoms with van der Waals surface area (Å²) >= 11 is 0. The molecule has 0 N–H and O–H groups in total. The van der Waals surface area contributed by atoms with Crippen molar-refractivity contribution in [2.75, 3.05) is 14.7 Å². The highest BCUT2D eigenvalue weighted by atomic mass is 15.2. The van der Waals surface area contributed by atoms with Gasteiger partial charge in [0.15, 0.2) is 0 Å². The van der Waals surface area contributed by atoms with Gasteiger partial charge in [-0.05, 0) is 170 Å². The Kier molecular flexibility index (Phi) is 13.1. The summed E-state index contributed by atoms with van der Waals surface area (Å²) in [5, 5.41) is 2.54.